The van der Waals surface area contributed by atoms with Crippen molar-refractivity contribution < 1.29 is 24.4 Å². The minimum absolute atomic E-state index is 0.211. The summed E-state index contributed by atoms with van der Waals surface area (Å²) < 4.78 is 15.2. The van der Waals surface area contributed by atoms with Gasteiger partial charge in [-0.2, -0.15) is 0 Å². The molecule has 0 aromatic rings. The maximum absolute atomic E-state index is 9.82. The summed E-state index contributed by atoms with van der Waals surface area (Å²) in [5, 5.41) is 18.7. The lowest BCUT2D eigenvalue weighted by Crippen LogP contribution is -2.63. The lowest BCUT2D eigenvalue weighted by atomic mass is 9.89. The molecule has 5 nitrogen and oxygen atoms in total. The molecule has 70 valence electrons. The third-order valence-electron chi connectivity index (χ3n) is 2.49. The Kier molecular flexibility index (Phi) is 1.85. The van der Waals surface area contributed by atoms with Gasteiger partial charge in [-0.15, -0.1) is 0 Å². The van der Waals surface area contributed by atoms with Crippen molar-refractivity contribution in [2.45, 2.75) is 24.1 Å². The molecule has 2 aliphatic heterocycles. The molecule has 5 heteroatoms. The van der Waals surface area contributed by atoms with Crippen LogP contribution in [0.2, 0.25) is 0 Å². The second kappa shape index (κ2) is 2.65. The maximum atomic E-state index is 9.82. The molecule has 2 aliphatic rings. The van der Waals surface area contributed by atoms with Gasteiger partial charge in [-0.3, -0.25) is 0 Å². The predicted octanol–water partition coefficient (Wildman–Crippen LogP) is -1.52. The molecule has 0 bridgehead atoms. The Balaban J connectivity index is 2.12. The molecule has 0 amide bonds. The number of ether oxygens (including phenoxy) is 3. The fraction of sp³-hybridized carbons (Fsp3) is 1.00. The number of hydrogen-bond donors (Lipinski definition) is 2. The highest BCUT2D eigenvalue weighted by atomic mass is 16.7. The largest absolute Gasteiger partial charge is 0.394 e. The molecule has 0 spiro atoms. The van der Waals surface area contributed by atoms with Crippen LogP contribution < -0.4 is 0 Å². The van der Waals surface area contributed by atoms with Gasteiger partial charge in [0.25, 0.3) is 0 Å². The van der Waals surface area contributed by atoms with Crippen molar-refractivity contribution in [3.05, 3.63) is 0 Å². The van der Waals surface area contributed by atoms with Gasteiger partial charge in [0.15, 0.2) is 6.29 Å². The van der Waals surface area contributed by atoms with Crippen molar-refractivity contribution in [2.75, 3.05) is 20.3 Å². The van der Waals surface area contributed by atoms with Crippen molar-refractivity contribution >= 4 is 0 Å². The summed E-state index contributed by atoms with van der Waals surface area (Å²) in [4.78, 5) is 0. The van der Waals surface area contributed by atoms with Gasteiger partial charge in [-0.25, -0.2) is 0 Å². The highest BCUT2D eigenvalue weighted by molar-refractivity contribution is 5.07. The molecule has 2 rings (SSSR count). The number of aliphatic hydroxyl groups excluding tert-OH is 1. The maximum Gasteiger partial charge on any atom is 0.186 e. The van der Waals surface area contributed by atoms with Crippen LogP contribution in [0.5, 0.6) is 0 Å². The first-order valence-corrected chi connectivity index (χ1v) is 3.85. The summed E-state index contributed by atoms with van der Waals surface area (Å²) in [6, 6.07) is 0. The first-order valence-electron chi connectivity index (χ1n) is 3.85. The Hall–Kier alpha value is -0.200. The Morgan fingerprint density at radius 1 is 1.67 bits per heavy atom. The van der Waals surface area contributed by atoms with E-state index in [0.29, 0.717) is 0 Å². The molecule has 0 saturated carbocycles. The van der Waals surface area contributed by atoms with Crippen LogP contribution in [0.25, 0.3) is 0 Å². The lowest BCUT2D eigenvalue weighted by Gasteiger charge is -2.41. The molecule has 4 atom stereocenters. The van der Waals surface area contributed by atoms with Crippen LogP contribution in [-0.4, -0.2) is 54.6 Å². The fourth-order valence-electron chi connectivity index (χ4n) is 1.67. The summed E-state index contributed by atoms with van der Waals surface area (Å²) in [6.45, 7) is -0.00102. The van der Waals surface area contributed by atoms with Crippen LogP contribution in [0.4, 0.5) is 0 Å². The molecule has 0 unspecified atom stereocenters. The minimum Gasteiger partial charge on any atom is -0.394 e. The van der Waals surface area contributed by atoms with E-state index < -0.39 is 24.1 Å². The molecule has 12 heavy (non-hydrogen) atoms. The van der Waals surface area contributed by atoms with Gasteiger partial charge >= 0.3 is 0 Å². The SMILES string of the molecule is CO[C@H]1O[C@H](CO)[C@]2(O)CO[C@H]12. The molecular formula is C7H12O5. The Bertz CT molecular complexity index is 179. The predicted molar refractivity (Wildman–Crippen MR) is 37.4 cm³/mol. The van der Waals surface area contributed by atoms with E-state index in [1.165, 1.54) is 7.11 Å². The molecular weight excluding hydrogens is 164 g/mol. The standard InChI is InChI=1S/C7H12O5/c1-10-6-5-7(9,3-11-5)4(2-8)12-6/h4-6,8-9H,2-3H2,1H3/t4-,5-,6+,7-/m1/s1. The van der Waals surface area contributed by atoms with Crippen molar-refractivity contribution in [3.8, 4) is 0 Å². The van der Waals surface area contributed by atoms with Crippen molar-refractivity contribution in [1.82, 2.24) is 0 Å². The van der Waals surface area contributed by atoms with E-state index in [9.17, 15) is 5.11 Å². The summed E-state index contributed by atoms with van der Waals surface area (Å²) in [5.74, 6) is 0. The van der Waals surface area contributed by atoms with Gasteiger partial charge in [0, 0.05) is 7.11 Å². The zero-order chi connectivity index (χ0) is 8.77. The van der Waals surface area contributed by atoms with Gasteiger partial charge in [0.2, 0.25) is 0 Å². The third kappa shape index (κ3) is 0.855. The number of hydrogen-bond acceptors (Lipinski definition) is 5. The number of aliphatic hydroxyl groups is 2. The fourth-order valence-corrected chi connectivity index (χ4v) is 1.67. The second-order valence-corrected chi connectivity index (χ2v) is 3.13. The van der Waals surface area contributed by atoms with Crippen LogP contribution in [0.15, 0.2) is 0 Å². The monoisotopic (exact) mass is 176 g/mol. The van der Waals surface area contributed by atoms with Gasteiger partial charge < -0.3 is 24.4 Å². The highest BCUT2D eigenvalue weighted by Gasteiger charge is 2.63. The van der Waals surface area contributed by atoms with Crippen LogP contribution in [0.1, 0.15) is 0 Å². The molecule has 2 fully saturated rings. The molecule has 2 N–H and O–H groups in total. The zero-order valence-corrected chi connectivity index (χ0v) is 6.77. The smallest absolute Gasteiger partial charge is 0.186 e. The van der Waals surface area contributed by atoms with Crippen LogP contribution in [0.3, 0.4) is 0 Å². The van der Waals surface area contributed by atoms with Gasteiger partial charge in [-0.1, -0.05) is 0 Å². The molecule has 0 aliphatic carbocycles. The van der Waals surface area contributed by atoms with E-state index in [4.69, 9.17) is 19.3 Å². The summed E-state index contributed by atoms with van der Waals surface area (Å²) in [6.07, 6.45) is -1.58. The molecule has 2 saturated heterocycles. The lowest BCUT2D eigenvalue weighted by molar-refractivity contribution is -0.250. The van der Waals surface area contributed by atoms with E-state index in [0.717, 1.165) is 0 Å². The molecule has 0 aromatic heterocycles. The number of methoxy groups -OCH3 is 1. The zero-order valence-electron chi connectivity index (χ0n) is 6.77. The number of rotatable bonds is 2. The van der Waals surface area contributed by atoms with E-state index in [1.54, 1.807) is 0 Å². The van der Waals surface area contributed by atoms with Crippen molar-refractivity contribution in [2.24, 2.45) is 0 Å². The van der Waals surface area contributed by atoms with Crippen LogP contribution in [-0.2, 0) is 14.2 Å². The molecule has 2 heterocycles. The number of fused-ring (bicyclic) bond motifs is 1. The van der Waals surface area contributed by atoms with Gasteiger partial charge in [-0.05, 0) is 0 Å². The Labute approximate surface area is 69.8 Å². The average Bonchev–Trinajstić information content (AvgIpc) is 2.25. The Morgan fingerprint density at radius 3 is 2.67 bits per heavy atom. The first-order chi connectivity index (χ1) is 5.72. The topological polar surface area (TPSA) is 68.2 Å². The minimum atomic E-state index is -1.05. The van der Waals surface area contributed by atoms with Crippen molar-refractivity contribution in [3.63, 3.8) is 0 Å². The van der Waals surface area contributed by atoms with Crippen LogP contribution >= 0.6 is 0 Å². The normalized spacial score (nSPS) is 51.8. The molecule has 0 radical (unpaired) electrons. The first kappa shape index (κ1) is 8.40. The summed E-state index contributed by atoms with van der Waals surface area (Å²) in [7, 11) is 1.48. The summed E-state index contributed by atoms with van der Waals surface area (Å²) >= 11 is 0. The van der Waals surface area contributed by atoms with E-state index in [-0.39, 0.29) is 13.2 Å². The highest BCUT2D eigenvalue weighted by Crippen LogP contribution is 2.40. The van der Waals surface area contributed by atoms with Crippen molar-refractivity contribution in [1.29, 1.82) is 0 Å². The summed E-state index contributed by atoms with van der Waals surface area (Å²) in [5.41, 5.74) is -1.05. The third-order valence-corrected chi connectivity index (χ3v) is 2.49. The average molecular weight is 176 g/mol. The Morgan fingerprint density at radius 2 is 2.42 bits per heavy atom. The van der Waals surface area contributed by atoms with E-state index >= 15 is 0 Å². The quantitative estimate of drug-likeness (QED) is 0.535. The van der Waals surface area contributed by atoms with E-state index in [1.807, 2.05) is 0 Å². The van der Waals surface area contributed by atoms with Gasteiger partial charge in [0.05, 0.1) is 13.2 Å². The molecule has 0 aromatic carbocycles. The van der Waals surface area contributed by atoms with Gasteiger partial charge in [0.1, 0.15) is 17.8 Å². The van der Waals surface area contributed by atoms with Crippen LogP contribution in [0, 0.1) is 0 Å². The second-order valence-electron chi connectivity index (χ2n) is 3.13. The van der Waals surface area contributed by atoms with E-state index in [2.05, 4.69) is 0 Å².